The van der Waals surface area contributed by atoms with Crippen molar-refractivity contribution in [3.8, 4) is 44.9 Å². The molecule has 0 atom stereocenters. The molecule has 0 spiro atoms. The Hall–Kier alpha value is -4.94. The first-order valence-corrected chi connectivity index (χ1v) is 14.2. The third-order valence-corrected chi connectivity index (χ3v) is 6.80. The molecule has 0 aliphatic heterocycles. The van der Waals surface area contributed by atoms with Crippen molar-refractivity contribution in [1.29, 1.82) is 0 Å². The Labute approximate surface area is 252 Å². The maximum atomic E-state index is 11.9. The van der Waals surface area contributed by atoms with E-state index in [0.29, 0.717) is 17.1 Å². The lowest BCUT2D eigenvalue weighted by Crippen LogP contribution is -2.12. The fourth-order valence-electron chi connectivity index (χ4n) is 4.42. The third-order valence-electron chi connectivity index (χ3n) is 6.80. The summed E-state index contributed by atoms with van der Waals surface area (Å²) < 4.78 is 16.5. The van der Waals surface area contributed by atoms with Crippen LogP contribution in [0.25, 0.3) is 33.4 Å². The van der Waals surface area contributed by atoms with Gasteiger partial charge in [0, 0.05) is 11.1 Å². The van der Waals surface area contributed by atoms with Crippen LogP contribution in [0.4, 0.5) is 0 Å². The Morgan fingerprint density at radius 3 is 1.88 bits per heavy atom. The molecule has 6 heteroatoms. The lowest BCUT2D eigenvalue weighted by atomic mass is 9.96. The van der Waals surface area contributed by atoms with Gasteiger partial charge in [0.1, 0.15) is 24.7 Å². The van der Waals surface area contributed by atoms with Crippen molar-refractivity contribution >= 4 is 11.9 Å². The van der Waals surface area contributed by atoms with E-state index >= 15 is 0 Å². The van der Waals surface area contributed by atoms with E-state index in [1.807, 2.05) is 30.3 Å². The molecule has 43 heavy (non-hydrogen) atoms. The average Bonchev–Trinajstić information content (AvgIpc) is 3.03. The predicted molar refractivity (Wildman–Crippen MR) is 170 cm³/mol. The zero-order valence-electron chi connectivity index (χ0n) is 24.6. The molecule has 6 nitrogen and oxygen atoms in total. The lowest BCUT2D eigenvalue weighted by Gasteiger charge is -2.15. The van der Waals surface area contributed by atoms with Crippen LogP contribution in [0.2, 0.25) is 0 Å². The van der Waals surface area contributed by atoms with Crippen LogP contribution in [0, 0.1) is 0 Å². The normalized spacial score (nSPS) is 10.6. The highest BCUT2D eigenvalue weighted by atomic mass is 16.6. The van der Waals surface area contributed by atoms with Gasteiger partial charge in [0.25, 0.3) is 0 Å². The highest BCUT2D eigenvalue weighted by Crippen LogP contribution is 2.36. The first-order chi connectivity index (χ1) is 20.8. The van der Waals surface area contributed by atoms with Crippen molar-refractivity contribution in [1.82, 2.24) is 0 Å². The van der Waals surface area contributed by atoms with Gasteiger partial charge in [-0.05, 0) is 71.0 Å². The summed E-state index contributed by atoms with van der Waals surface area (Å²) in [6, 6.07) is 30.0. The van der Waals surface area contributed by atoms with Crippen LogP contribution >= 0.6 is 0 Å². The lowest BCUT2D eigenvalue weighted by molar-refractivity contribution is -0.139. The molecule has 0 radical (unpaired) electrons. The maximum absolute atomic E-state index is 11.9. The summed E-state index contributed by atoms with van der Waals surface area (Å²) in [5.74, 6) is -0.119. The second-order valence-corrected chi connectivity index (χ2v) is 10.2. The number of rotatable bonds is 13. The molecule has 4 aromatic rings. The van der Waals surface area contributed by atoms with E-state index in [9.17, 15) is 9.59 Å². The van der Waals surface area contributed by atoms with E-state index in [1.54, 1.807) is 19.1 Å². The van der Waals surface area contributed by atoms with Gasteiger partial charge < -0.3 is 19.3 Å². The van der Waals surface area contributed by atoms with E-state index in [-0.39, 0.29) is 18.8 Å². The zero-order chi connectivity index (χ0) is 30.8. The minimum Gasteiger partial charge on any atom is -0.489 e. The van der Waals surface area contributed by atoms with Gasteiger partial charge in [0.15, 0.2) is 0 Å². The monoisotopic (exact) mass is 576 g/mol. The van der Waals surface area contributed by atoms with Gasteiger partial charge in [0.2, 0.25) is 0 Å². The SMILES string of the molecule is C=C(C)C(=O)OCCOc1ccc(-c2ccc(OC(=O)C(=C)CO)cc2)cc1-c1ccc(-c2ccc(CCC)cc2)cc1. The summed E-state index contributed by atoms with van der Waals surface area (Å²) in [6.07, 6.45) is 2.18. The number of hydrogen-bond acceptors (Lipinski definition) is 6. The fourth-order valence-corrected chi connectivity index (χ4v) is 4.42. The predicted octanol–water partition coefficient (Wildman–Crippen LogP) is 7.59. The van der Waals surface area contributed by atoms with Crippen LogP contribution in [0.15, 0.2) is 115 Å². The quantitative estimate of drug-likeness (QED) is 0.0764. The molecule has 0 saturated carbocycles. The molecular weight excluding hydrogens is 540 g/mol. The van der Waals surface area contributed by atoms with Crippen LogP contribution in [-0.4, -0.2) is 36.9 Å². The summed E-state index contributed by atoms with van der Waals surface area (Å²) in [5, 5.41) is 9.10. The van der Waals surface area contributed by atoms with E-state index in [0.717, 1.165) is 46.2 Å². The summed E-state index contributed by atoms with van der Waals surface area (Å²) in [6.45, 7) is 10.7. The van der Waals surface area contributed by atoms with E-state index in [2.05, 4.69) is 68.6 Å². The number of hydrogen-bond donors (Lipinski definition) is 1. The standard InChI is InChI=1S/C37H36O6/c1-5-6-27-7-9-28(10-8-27)29-11-13-31(14-12-29)34-23-32(17-20-35(34)41-21-22-42-36(39)25(2)3)30-15-18-33(19-16-30)43-37(40)26(4)24-38/h7-20,23,38H,2,4-6,21-22,24H2,1,3H3. The Bertz CT molecular complexity index is 1580. The molecule has 0 aromatic heterocycles. The summed E-state index contributed by atoms with van der Waals surface area (Å²) in [7, 11) is 0. The second-order valence-electron chi connectivity index (χ2n) is 10.2. The Balaban J connectivity index is 1.59. The van der Waals surface area contributed by atoms with Crippen molar-refractivity contribution in [3.63, 3.8) is 0 Å². The molecule has 0 amide bonds. The first kappa shape index (κ1) is 31.0. The molecule has 0 heterocycles. The summed E-state index contributed by atoms with van der Waals surface area (Å²) >= 11 is 0. The van der Waals surface area contributed by atoms with Gasteiger partial charge in [-0.3, -0.25) is 0 Å². The summed E-state index contributed by atoms with van der Waals surface area (Å²) in [4.78, 5) is 23.7. The number of benzene rings is 4. The zero-order valence-corrected chi connectivity index (χ0v) is 24.6. The Morgan fingerprint density at radius 2 is 1.28 bits per heavy atom. The van der Waals surface area contributed by atoms with Gasteiger partial charge in [0.05, 0.1) is 12.2 Å². The molecule has 220 valence electrons. The van der Waals surface area contributed by atoms with E-state index < -0.39 is 18.5 Å². The van der Waals surface area contributed by atoms with Gasteiger partial charge in [-0.15, -0.1) is 0 Å². The van der Waals surface area contributed by atoms with Crippen molar-refractivity contribution in [3.05, 3.63) is 121 Å². The number of esters is 2. The van der Waals surface area contributed by atoms with Crippen LogP contribution in [0.3, 0.4) is 0 Å². The van der Waals surface area contributed by atoms with Crippen LogP contribution < -0.4 is 9.47 Å². The highest BCUT2D eigenvalue weighted by molar-refractivity contribution is 5.90. The maximum Gasteiger partial charge on any atom is 0.341 e. The van der Waals surface area contributed by atoms with Gasteiger partial charge >= 0.3 is 11.9 Å². The first-order valence-electron chi connectivity index (χ1n) is 14.2. The molecule has 4 aromatic carbocycles. The number of aliphatic hydroxyl groups excluding tert-OH is 1. The van der Waals surface area contributed by atoms with E-state index in [1.165, 1.54) is 5.56 Å². The van der Waals surface area contributed by atoms with Gasteiger partial charge in [-0.2, -0.15) is 0 Å². The topological polar surface area (TPSA) is 82.1 Å². The smallest absolute Gasteiger partial charge is 0.341 e. The Morgan fingerprint density at radius 1 is 0.721 bits per heavy atom. The Kier molecular flexibility index (Phi) is 10.7. The van der Waals surface area contributed by atoms with E-state index in [4.69, 9.17) is 19.3 Å². The molecule has 0 unspecified atom stereocenters. The minimum atomic E-state index is -0.673. The van der Waals surface area contributed by atoms with Crippen molar-refractivity contribution in [2.75, 3.05) is 19.8 Å². The molecule has 0 saturated heterocycles. The number of ether oxygens (including phenoxy) is 3. The molecule has 1 N–H and O–H groups in total. The largest absolute Gasteiger partial charge is 0.489 e. The minimum absolute atomic E-state index is 0.0155. The molecule has 0 aliphatic carbocycles. The van der Waals surface area contributed by atoms with Crippen LogP contribution in [-0.2, 0) is 20.7 Å². The second kappa shape index (κ2) is 14.8. The number of aryl methyl sites for hydroxylation is 1. The average molecular weight is 577 g/mol. The van der Waals surface area contributed by atoms with Crippen molar-refractivity contribution in [2.24, 2.45) is 0 Å². The molecule has 0 bridgehead atoms. The van der Waals surface area contributed by atoms with Crippen LogP contribution in [0.5, 0.6) is 11.5 Å². The molecule has 0 aliphatic rings. The number of carbonyl (C=O) groups excluding carboxylic acids is 2. The fraction of sp³-hybridized carbons (Fsp3) is 0.189. The number of aliphatic hydroxyl groups is 1. The van der Waals surface area contributed by atoms with Gasteiger partial charge in [-0.1, -0.05) is 93.2 Å². The molecule has 0 fully saturated rings. The van der Waals surface area contributed by atoms with Crippen molar-refractivity contribution < 1.29 is 28.9 Å². The molecular formula is C37H36O6. The third kappa shape index (κ3) is 8.31. The highest BCUT2D eigenvalue weighted by Gasteiger charge is 2.13. The summed E-state index contributed by atoms with van der Waals surface area (Å²) in [5.41, 5.74) is 7.61. The van der Waals surface area contributed by atoms with Gasteiger partial charge in [-0.25, -0.2) is 9.59 Å². The number of carbonyl (C=O) groups is 2. The van der Waals surface area contributed by atoms with Crippen LogP contribution in [0.1, 0.15) is 25.8 Å². The van der Waals surface area contributed by atoms with Crippen molar-refractivity contribution in [2.45, 2.75) is 26.7 Å². The molecule has 4 rings (SSSR count).